The summed E-state index contributed by atoms with van der Waals surface area (Å²) in [6, 6.07) is 3.22. The van der Waals surface area contributed by atoms with E-state index in [9.17, 15) is 10.1 Å². The highest BCUT2D eigenvalue weighted by molar-refractivity contribution is 7.18. The highest BCUT2D eigenvalue weighted by Gasteiger charge is 2.18. The summed E-state index contributed by atoms with van der Waals surface area (Å²) >= 11 is 1.12. The van der Waals surface area contributed by atoms with Gasteiger partial charge >= 0.3 is 5.00 Å². The van der Waals surface area contributed by atoms with Crippen molar-refractivity contribution in [2.45, 2.75) is 20.3 Å². The molecule has 0 aliphatic rings. The Morgan fingerprint density at radius 2 is 2.28 bits per heavy atom. The minimum absolute atomic E-state index is 0.119. The summed E-state index contributed by atoms with van der Waals surface area (Å²) in [6.45, 7) is 4.18. The van der Waals surface area contributed by atoms with Gasteiger partial charge in [0.15, 0.2) is 0 Å². The lowest BCUT2D eigenvalue weighted by atomic mass is 10.0. The van der Waals surface area contributed by atoms with Gasteiger partial charge in [0.25, 0.3) is 0 Å². The first-order chi connectivity index (χ1) is 8.49. The Kier molecular flexibility index (Phi) is 3.33. The maximum absolute atomic E-state index is 10.7. The average molecular weight is 266 g/mol. The minimum atomic E-state index is -0.393. The van der Waals surface area contributed by atoms with E-state index in [0.717, 1.165) is 33.9 Å². The zero-order valence-corrected chi connectivity index (χ0v) is 11.0. The first-order valence-corrected chi connectivity index (χ1v) is 6.38. The van der Waals surface area contributed by atoms with Crippen LogP contribution in [0.3, 0.4) is 0 Å². The van der Waals surface area contributed by atoms with Gasteiger partial charge in [0.2, 0.25) is 0 Å². The highest BCUT2D eigenvalue weighted by atomic mass is 32.1. The number of nitrogens with one attached hydrogen (secondary N) is 1. The molecule has 0 saturated carbocycles. The Morgan fingerprint density at radius 3 is 2.83 bits per heavy atom. The second kappa shape index (κ2) is 4.77. The standard InChI is InChI=1S/C11H14N4O2S/c1-6(2)5-7-10(13-14-11(7)12)8-3-4-9(18-8)15(16)17/h3-4,6H,5H2,1-2H3,(H3,12,13,14). The molecule has 0 aromatic carbocycles. The van der Waals surface area contributed by atoms with Crippen molar-refractivity contribution in [3.8, 4) is 10.6 Å². The fraction of sp³-hybridized carbons (Fsp3) is 0.364. The van der Waals surface area contributed by atoms with Gasteiger partial charge in [0.05, 0.1) is 15.5 Å². The second-order valence-corrected chi connectivity index (χ2v) is 5.52. The fourth-order valence-electron chi connectivity index (χ4n) is 1.76. The number of hydrogen-bond acceptors (Lipinski definition) is 5. The first kappa shape index (κ1) is 12.6. The van der Waals surface area contributed by atoms with Crippen LogP contribution in [0.25, 0.3) is 10.6 Å². The summed E-state index contributed by atoms with van der Waals surface area (Å²) < 4.78 is 0. The number of anilines is 1. The molecule has 0 aliphatic carbocycles. The van der Waals surface area contributed by atoms with Crippen molar-refractivity contribution in [3.63, 3.8) is 0 Å². The zero-order chi connectivity index (χ0) is 13.3. The Balaban J connectivity index is 2.40. The molecule has 7 heteroatoms. The van der Waals surface area contributed by atoms with Crippen LogP contribution in [-0.2, 0) is 6.42 Å². The van der Waals surface area contributed by atoms with E-state index >= 15 is 0 Å². The first-order valence-electron chi connectivity index (χ1n) is 5.56. The molecular formula is C11H14N4O2S. The number of nitro groups is 1. The van der Waals surface area contributed by atoms with Crippen molar-refractivity contribution >= 4 is 22.2 Å². The molecule has 18 heavy (non-hydrogen) atoms. The van der Waals surface area contributed by atoms with Gasteiger partial charge in [-0.05, 0) is 18.4 Å². The van der Waals surface area contributed by atoms with Crippen molar-refractivity contribution in [1.29, 1.82) is 0 Å². The predicted octanol–water partition coefficient (Wildman–Crippen LogP) is 2.83. The topological polar surface area (TPSA) is 97.8 Å². The molecular weight excluding hydrogens is 252 g/mol. The summed E-state index contributed by atoms with van der Waals surface area (Å²) in [5, 5.41) is 17.6. The molecule has 2 aromatic rings. The third kappa shape index (κ3) is 2.35. The van der Waals surface area contributed by atoms with E-state index in [1.54, 1.807) is 6.07 Å². The van der Waals surface area contributed by atoms with Crippen LogP contribution in [-0.4, -0.2) is 15.1 Å². The number of aromatic nitrogens is 2. The summed E-state index contributed by atoms with van der Waals surface area (Å²) in [6.07, 6.45) is 0.795. The molecule has 96 valence electrons. The van der Waals surface area contributed by atoms with Crippen LogP contribution < -0.4 is 5.73 Å². The maximum atomic E-state index is 10.7. The predicted molar refractivity (Wildman–Crippen MR) is 71.5 cm³/mol. The lowest BCUT2D eigenvalue weighted by molar-refractivity contribution is -0.380. The highest BCUT2D eigenvalue weighted by Crippen LogP contribution is 2.35. The van der Waals surface area contributed by atoms with Crippen LogP contribution in [0.4, 0.5) is 10.8 Å². The van der Waals surface area contributed by atoms with E-state index in [1.807, 2.05) is 0 Å². The van der Waals surface area contributed by atoms with Gasteiger partial charge in [-0.1, -0.05) is 25.2 Å². The van der Waals surface area contributed by atoms with Crippen molar-refractivity contribution in [2.75, 3.05) is 5.73 Å². The number of rotatable bonds is 4. The van der Waals surface area contributed by atoms with E-state index in [4.69, 9.17) is 5.73 Å². The van der Waals surface area contributed by atoms with E-state index in [1.165, 1.54) is 6.07 Å². The Bertz CT molecular complexity index is 573. The third-order valence-corrected chi connectivity index (χ3v) is 3.58. The Hall–Kier alpha value is -1.89. The van der Waals surface area contributed by atoms with Crippen molar-refractivity contribution in [1.82, 2.24) is 10.2 Å². The summed E-state index contributed by atoms with van der Waals surface area (Å²) in [7, 11) is 0. The molecule has 0 bridgehead atoms. The van der Waals surface area contributed by atoms with Gasteiger partial charge < -0.3 is 5.73 Å². The van der Waals surface area contributed by atoms with Crippen molar-refractivity contribution in [3.05, 3.63) is 27.8 Å². The van der Waals surface area contributed by atoms with Crippen molar-refractivity contribution in [2.24, 2.45) is 5.92 Å². The third-order valence-electron chi connectivity index (χ3n) is 2.53. The largest absolute Gasteiger partial charge is 0.382 e. The van der Waals surface area contributed by atoms with Gasteiger partial charge in [0.1, 0.15) is 5.82 Å². The van der Waals surface area contributed by atoms with Crippen LogP contribution in [0, 0.1) is 16.0 Å². The van der Waals surface area contributed by atoms with Gasteiger partial charge in [-0.2, -0.15) is 5.10 Å². The van der Waals surface area contributed by atoms with Crippen LogP contribution >= 0.6 is 11.3 Å². The number of nitrogen functional groups attached to an aromatic ring is 1. The van der Waals surface area contributed by atoms with E-state index in [2.05, 4.69) is 24.0 Å². The Labute approximate surface area is 108 Å². The van der Waals surface area contributed by atoms with Gasteiger partial charge in [-0.3, -0.25) is 15.2 Å². The zero-order valence-electron chi connectivity index (χ0n) is 10.1. The monoisotopic (exact) mass is 266 g/mol. The molecule has 0 unspecified atom stereocenters. The van der Waals surface area contributed by atoms with E-state index in [-0.39, 0.29) is 5.00 Å². The molecule has 2 rings (SSSR count). The van der Waals surface area contributed by atoms with Crippen molar-refractivity contribution < 1.29 is 4.92 Å². The molecule has 0 amide bonds. The molecule has 2 aromatic heterocycles. The van der Waals surface area contributed by atoms with E-state index in [0.29, 0.717) is 11.7 Å². The number of aromatic amines is 1. The molecule has 3 N–H and O–H groups in total. The van der Waals surface area contributed by atoms with Crippen LogP contribution in [0.1, 0.15) is 19.4 Å². The van der Waals surface area contributed by atoms with E-state index < -0.39 is 4.92 Å². The average Bonchev–Trinajstić information content (AvgIpc) is 2.86. The molecule has 6 nitrogen and oxygen atoms in total. The second-order valence-electron chi connectivity index (χ2n) is 4.46. The smallest absolute Gasteiger partial charge is 0.324 e. The lowest BCUT2D eigenvalue weighted by Crippen LogP contribution is -1.98. The van der Waals surface area contributed by atoms with Gasteiger partial charge in [0, 0.05) is 11.6 Å². The normalized spacial score (nSPS) is 11.1. The Morgan fingerprint density at radius 1 is 1.56 bits per heavy atom. The molecule has 0 saturated heterocycles. The molecule has 0 atom stereocenters. The van der Waals surface area contributed by atoms with Gasteiger partial charge in [-0.25, -0.2) is 0 Å². The SMILES string of the molecule is CC(C)Cc1c(N)n[nH]c1-c1ccc([N+](=O)[O-])s1. The summed E-state index contributed by atoms with van der Waals surface area (Å²) in [5.74, 6) is 0.911. The molecule has 0 radical (unpaired) electrons. The maximum Gasteiger partial charge on any atom is 0.324 e. The lowest BCUT2D eigenvalue weighted by Gasteiger charge is -2.05. The molecule has 0 spiro atoms. The fourth-order valence-corrected chi connectivity index (χ4v) is 2.60. The quantitative estimate of drug-likeness (QED) is 0.656. The number of thiophene rings is 1. The molecule has 0 aliphatic heterocycles. The molecule has 0 fully saturated rings. The summed E-state index contributed by atoms with van der Waals surface area (Å²) in [4.78, 5) is 11.1. The minimum Gasteiger partial charge on any atom is -0.382 e. The number of nitrogens with zero attached hydrogens (tertiary/aromatic N) is 2. The van der Waals surface area contributed by atoms with Gasteiger partial charge in [-0.15, -0.1) is 0 Å². The van der Waals surface area contributed by atoms with Crippen LogP contribution in [0.5, 0.6) is 0 Å². The molecule has 2 heterocycles. The van der Waals surface area contributed by atoms with Crippen LogP contribution in [0.15, 0.2) is 12.1 Å². The summed E-state index contributed by atoms with van der Waals surface area (Å²) in [5.41, 5.74) is 7.55. The number of hydrogen-bond donors (Lipinski definition) is 2. The number of H-pyrrole nitrogens is 1. The number of nitrogens with two attached hydrogens (primary N) is 1. The van der Waals surface area contributed by atoms with Crippen LogP contribution in [0.2, 0.25) is 0 Å².